The highest BCUT2D eigenvalue weighted by molar-refractivity contribution is 5.79. The van der Waals surface area contributed by atoms with E-state index < -0.39 is 0 Å². The Hall–Kier alpha value is -1.46. The lowest BCUT2D eigenvalue weighted by atomic mass is 9.93. The number of rotatable bonds is 4. The Morgan fingerprint density at radius 2 is 1.85 bits per heavy atom. The van der Waals surface area contributed by atoms with Gasteiger partial charge in [0, 0.05) is 51.5 Å². The Bertz CT molecular complexity index is 635. The average molecular weight is 371 g/mol. The van der Waals surface area contributed by atoms with Crippen molar-refractivity contribution in [1.29, 1.82) is 0 Å². The van der Waals surface area contributed by atoms with Crippen molar-refractivity contribution in [3.05, 3.63) is 29.6 Å². The molecule has 0 spiro atoms. The first kappa shape index (κ1) is 18.9. The van der Waals surface area contributed by atoms with Crippen LogP contribution in [0.25, 0.3) is 0 Å². The lowest BCUT2D eigenvalue weighted by Crippen LogP contribution is -2.51. The molecular formula is C22H34N4O. The van der Waals surface area contributed by atoms with Gasteiger partial charge >= 0.3 is 0 Å². The summed E-state index contributed by atoms with van der Waals surface area (Å²) in [5, 5.41) is 0. The lowest BCUT2D eigenvalue weighted by Gasteiger charge is -2.42. The average Bonchev–Trinajstić information content (AvgIpc) is 3.25. The number of carbonyl (C=O) groups excluding carboxylic acids is 1. The van der Waals surface area contributed by atoms with Crippen molar-refractivity contribution in [2.75, 3.05) is 39.3 Å². The largest absolute Gasteiger partial charge is 0.342 e. The highest BCUT2D eigenvalue weighted by atomic mass is 16.2. The molecule has 1 aromatic heterocycles. The Morgan fingerprint density at radius 3 is 2.59 bits per heavy atom. The minimum Gasteiger partial charge on any atom is -0.342 e. The molecule has 0 N–H and O–H groups in total. The van der Waals surface area contributed by atoms with Crippen molar-refractivity contribution in [1.82, 2.24) is 19.7 Å². The fourth-order valence-electron chi connectivity index (χ4n) is 5.07. The Kier molecular flexibility index (Phi) is 6.08. The van der Waals surface area contributed by atoms with E-state index in [1.165, 1.54) is 49.9 Å². The van der Waals surface area contributed by atoms with E-state index in [-0.39, 0.29) is 5.92 Å². The molecule has 4 rings (SSSR count). The van der Waals surface area contributed by atoms with Gasteiger partial charge in [0.1, 0.15) is 0 Å². The summed E-state index contributed by atoms with van der Waals surface area (Å²) in [7, 11) is 0. The van der Waals surface area contributed by atoms with Gasteiger partial charge < -0.3 is 4.90 Å². The molecule has 27 heavy (non-hydrogen) atoms. The summed E-state index contributed by atoms with van der Waals surface area (Å²) in [6.07, 6.45) is 8.99. The molecule has 1 aromatic rings. The summed E-state index contributed by atoms with van der Waals surface area (Å²) in [5.41, 5.74) is 2.50. The number of pyridine rings is 1. The van der Waals surface area contributed by atoms with E-state index in [2.05, 4.69) is 32.7 Å². The minimum absolute atomic E-state index is 0.242. The Morgan fingerprint density at radius 1 is 1.07 bits per heavy atom. The molecule has 3 fully saturated rings. The van der Waals surface area contributed by atoms with Crippen molar-refractivity contribution in [3.63, 3.8) is 0 Å². The molecule has 0 unspecified atom stereocenters. The van der Waals surface area contributed by atoms with E-state index in [1.807, 2.05) is 12.3 Å². The molecule has 0 radical (unpaired) electrons. The SMILES string of the molecule is Cc1cccnc1CN1CCC(N2CCC[C@H](C(=O)N3CCCC3)C2)CC1. The van der Waals surface area contributed by atoms with Crippen molar-refractivity contribution >= 4 is 5.91 Å². The van der Waals surface area contributed by atoms with Crippen molar-refractivity contribution in [2.24, 2.45) is 5.92 Å². The number of hydrogen-bond acceptors (Lipinski definition) is 4. The van der Waals surface area contributed by atoms with E-state index in [0.29, 0.717) is 11.9 Å². The third-order valence-electron chi connectivity index (χ3n) is 6.78. The molecule has 3 aliphatic rings. The maximum absolute atomic E-state index is 12.8. The topological polar surface area (TPSA) is 39.7 Å². The highest BCUT2D eigenvalue weighted by Gasteiger charge is 2.34. The predicted molar refractivity (Wildman–Crippen MR) is 107 cm³/mol. The van der Waals surface area contributed by atoms with Crippen LogP contribution in [0.2, 0.25) is 0 Å². The molecule has 0 aliphatic carbocycles. The van der Waals surface area contributed by atoms with Crippen LogP contribution in [0.5, 0.6) is 0 Å². The molecule has 0 saturated carbocycles. The third kappa shape index (κ3) is 4.52. The second kappa shape index (κ2) is 8.70. The fourth-order valence-corrected chi connectivity index (χ4v) is 5.07. The quantitative estimate of drug-likeness (QED) is 0.817. The summed E-state index contributed by atoms with van der Waals surface area (Å²) in [6.45, 7) is 9.54. The number of hydrogen-bond donors (Lipinski definition) is 0. The first-order valence-electron chi connectivity index (χ1n) is 10.9. The molecule has 0 aromatic carbocycles. The number of piperidine rings is 2. The van der Waals surface area contributed by atoms with Gasteiger partial charge in [-0.25, -0.2) is 0 Å². The van der Waals surface area contributed by atoms with Crippen LogP contribution in [-0.2, 0) is 11.3 Å². The first-order chi connectivity index (χ1) is 13.2. The highest BCUT2D eigenvalue weighted by Crippen LogP contribution is 2.26. The summed E-state index contributed by atoms with van der Waals surface area (Å²) >= 11 is 0. The smallest absolute Gasteiger partial charge is 0.226 e. The Balaban J connectivity index is 1.27. The summed E-state index contributed by atoms with van der Waals surface area (Å²) in [4.78, 5) is 24.6. The zero-order valence-electron chi connectivity index (χ0n) is 16.8. The molecule has 5 heteroatoms. The summed E-state index contributed by atoms with van der Waals surface area (Å²) in [6, 6.07) is 4.82. The van der Waals surface area contributed by atoms with Gasteiger partial charge in [0.05, 0.1) is 11.6 Å². The minimum atomic E-state index is 0.242. The molecule has 1 atom stereocenters. The van der Waals surface area contributed by atoms with E-state index in [4.69, 9.17) is 0 Å². The lowest BCUT2D eigenvalue weighted by molar-refractivity contribution is -0.136. The molecular weight excluding hydrogens is 336 g/mol. The van der Waals surface area contributed by atoms with Crippen molar-refractivity contribution in [3.8, 4) is 0 Å². The van der Waals surface area contributed by atoms with Crippen LogP contribution in [0.4, 0.5) is 0 Å². The molecule has 3 saturated heterocycles. The van der Waals surface area contributed by atoms with Gasteiger partial charge in [-0.1, -0.05) is 6.07 Å². The van der Waals surface area contributed by atoms with Gasteiger partial charge in [0.15, 0.2) is 0 Å². The van der Waals surface area contributed by atoms with Crippen LogP contribution >= 0.6 is 0 Å². The van der Waals surface area contributed by atoms with Crippen LogP contribution in [0.3, 0.4) is 0 Å². The summed E-state index contributed by atoms with van der Waals surface area (Å²) < 4.78 is 0. The van der Waals surface area contributed by atoms with Gasteiger partial charge in [0.25, 0.3) is 0 Å². The zero-order chi connectivity index (χ0) is 18.6. The van der Waals surface area contributed by atoms with Gasteiger partial charge in [-0.05, 0) is 63.6 Å². The standard InChI is InChI=1S/C22H34N4O/c1-18-6-4-10-23-21(18)17-24-14-8-20(9-15-24)26-13-5-7-19(16-26)22(27)25-11-2-3-12-25/h4,6,10,19-20H,2-3,5,7-9,11-17H2,1H3/t19-/m0/s1. The van der Waals surface area contributed by atoms with E-state index >= 15 is 0 Å². The van der Waals surface area contributed by atoms with E-state index in [9.17, 15) is 4.79 Å². The van der Waals surface area contributed by atoms with Crippen LogP contribution in [0.15, 0.2) is 18.3 Å². The first-order valence-corrected chi connectivity index (χ1v) is 10.9. The molecule has 4 heterocycles. The Labute approximate surface area is 163 Å². The normalized spacial score (nSPS) is 25.8. The molecule has 3 aliphatic heterocycles. The van der Waals surface area contributed by atoms with Crippen LogP contribution < -0.4 is 0 Å². The van der Waals surface area contributed by atoms with Gasteiger partial charge in [-0.2, -0.15) is 0 Å². The molecule has 0 bridgehead atoms. The summed E-state index contributed by atoms with van der Waals surface area (Å²) in [5.74, 6) is 0.673. The fraction of sp³-hybridized carbons (Fsp3) is 0.727. The number of aryl methyl sites for hydroxylation is 1. The predicted octanol–water partition coefficient (Wildman–Crippen LogP) is 2.69. The number of nitrogens with zero attached hydrogens (tertiary/aromatic N) is 4. The van der Waals surface area contributed by atoms with Crippen LogP contribution in [-0.4, -0.2) is 70.9 Å². The molecule has 5 nitrogen and oxygen atoms in total. The zero-order valence-corrected chi connectivity index (χ0v) is 16.8. The van der Waals surface area contributed by atoms with Gasteiger partial charge in [-0.15, -0.1) is 0 Å². The van der Waals surface area contributed by atoms with Crippen LogP contribution in [0.1, 0.15) is 49.8 Å². The molecule has 1 amide bonds. The number of amides is 1. The van der Waals surface area contributed by atoms with Crippen LogP contribution in [0, 0.1) is 12.8 Å². The number of aromatic nitrogens is 1. The molecule has 148 valence electrons. The second-order valence-electron chi connectivity index (χ2n) is 8.64. The van der Waals surface area contributed by atoms with Gasteiger partial charge in [0.2, 0.25) is 5.91 Å². The van der Waals surface area contributed by atoms with E-state index in [0.717, 1.165) is 45.7 Å². The van der Waals surface area contributed by atoms with Gasteiger partial charge in [-0.3, -0.25) is 19.6 Å². The maximum Gasteiger partial charge on any atom is 0.226 e. The second-order valence-corrected chi connectivity index (χ2v) is 8.64. The monoisotopic (exact) mass is 370 g/mol. The van der Waals surface area contributed by atoms with Crippen molar-refractivity contribution < 1.29 is 4.79 Å². The number of likely N-dealkylation sites (tertiary alicyclic amines) is 3. The van der Waals surface area contributed by atoms with E-state index in [1.54, 1.807) is 0 Å². The third-order valence-corrected chi connectivity index (χ3v) is 6.78. The maximum atomic E-state index is 12.8. The van der Waals surface area contributed by atoms with Crippen molar-refractivity contribution in [2.45, 2.75) is 58.0 Å². The number of carbonyl (C=O) groups is 1.